The maximum Gasteiger partial charge on any atom is 0.321 e. The van der Waals surface area contributed by atoms with E-state index in [-0.39, 0.29) is 24.5 Å². The molecule has 0 aromatic carbocycles. The second-order valence-corrected chi connectivity index (χ2v) is 11.8. The maximum atomic E-state index is 12.5. The van der Waals surface area contributed by atoms with Crippen molar-refractivity contribution < 1.29 is 24.4 Å². The number of carboxylic acids is 1. The summed E-state index contributed by atoms with van der Waals surface area (Å²) in [4.78, 5) is 36.1. The summed E-state index contributed by atoms with van der Waals surface area (Å²) < 4.78 is 0. The molecule has 0 spiro atoms. The number of carboxylic acid groups (broad SMARTS) is 1. The van der Waals surface area contributed by atoms with Crippen LogP contribution in [0.4, 0.5) is 0 Å². The predicted octanol–water partition coefficient (Wildman–Crippen LogP) is 6.32. The van der Waals surface area contributed by atoms with Crippen LogP contribution in [0.1, 0.15) is 138 Å². The molecule has 0 saturated heterocycles. The summed E-state index contributed by atoms with van der Waals surface area (Å²) in [6.07, 6.45) is 16.5. The Balaban J connectivity index is 4.32. The number of nitrogens with one attached hydrogen (secondary N) is 2. The van der Waals surface area contributed by atoms with Gasteiger partial charge in [0.1, 0.15) is 6.04 Å². The first-order valence-electron chi connectivity index (χ1n) is 16.8. The van der Waals surface area contributed by atoms with Crippen LogP contribution in [0, 0.1) is 0 Å². The average Bonchev–Trinajstić information content (AvgIpc) is 2.91. The minimum absolute atomic E-state index is 0.0801. The topological polar surface area (TPSA) is 103 Å². The third-order valence-electron chi connectivity index (χ3n) is 6.81. The first kappa shape index (κ1) is 39.7. The lowest BCUT2D eigenvalue weighted by atomic mass is 10.1. The summed E-state index contributed by atoms with van der Waals surface area (Å²) in [5.74, 6) is -1.25. The van der Waals surface area contributed by atoms with Crippen molar-refractivity contribution in [2.75, 3.05) is 39.3 Å². The van der Waals surface area contributed by atoms with E-state index in [1.807, 2.05) is 37.8 Å². The third-order valence-corrected chi connectivity index (χ3v) is 6.81. The van der Waals surface area contributed by atoms with E-state index < -0.39 is 12.0 Å². The quantitative estimate of drug-likeness (QED) is 0.0664. The Labute approximate surface area is 252 Å². The molecule has 0 aromatic rings. The first-order chi connectivity index (χ1) is 19.7. The number of rotatable bonds is 30. The summed E-state index contributed by atoms with van der Waals surface area (Å²) >= 11 is 0. The van der Waals surface area contributed by atoms with Crippen molar-refractivity contribution in [1.82, 2.24) is 20.8 Å². The Bertz CT molecular complexity index is 621. The van der Waals surface area contributed by atoms with Gasteiger partial charge in [0.25, 0.3) is 0 Å². The van der Waals surface area contributed by atoms with E-state index in [2.05, 4.69) is 24.5 Å². The molecule has 0 bridgehead atoms. The molecule has 1 amide bonds. The Hall–Kier alpha value is -1.26. The van der Waals surface area contributed by atoms with Crippen molar-refractivity contribution in [2.45, 2.75) is 156 Å². The molecule has 0 aliphatic rings. The monoisotopic (exact) mass is 587 g/mol. The van der Waals surface area contributed by atoms with Gasteiger partial charge < -0.3 is 15.7 Å². The molecule has 9 nitrogen and oxygen atoms in total. The molecule has 0 unspecified atom stereocenters. The molecule has 0 radical (unpaired) electrons. The number of aliphatic carboxylic acids is 1. The number of amides is 1. The molecule has 41 heavy (non-hydrogen) atoms. The fourth-order valence-electron chi connectivity index (χ4n) is 4.69. The van der Waals surface area contributed by atoms with Crippen LogP contribution in [-0.2, 0) is 19.3 Å². The molecular weight excluding hydrogens is 520 g/mol. The van der Waals surface area contributed by atoms with Crippen LogP contribution in [0.15, 0.2) is 0 Å². The van der Waals surface area contributed by atoms with Crippen molar-refractivity contribution in [3.63, 3.8) is 0 Å². The number of carbonyl (C=O) groups is 2. The highest BCUT2D eigenvalue weighted by Gasteiger charge is 2.20. The van der Waals surface area contributed by atoms with Gasteiger partial charge in [-0.2, -0.15) is 10.1 Å². The Morgan fingerprint density at radius 3 is 1.49 bits per heavy atom. The van der Waals surface area contributed by atoms with E-state index in [0.717, 1.165) is 51.9 Å². The SMILES string of the molecule is CCCCCCCCN(CCCNC(=O)C[C@H](NCCCN(CCCCCCCC)OC(C)C)C(=O)O)OC(C)C. The molecule has 1 atom stereocenters. The lowest BCUT2D eigenvalue weighted by Crippen LogP contribution is -2.42. The standard InChI is InChI=1S/C32H66N4O5/c1-7-9-11-13-15-17-23-35(40-28(3)4)25-19-21-33-30(32(38)39)27-31(37)34-22-20-26-36(41-29(5)6)24-18-16-14-12-10-8-2/h28-30,33H,7-27H2,1-6H3,(H,34,37)(H,38,39)/t30-/m0/s1. The molecular formula is C32H66N4O5. The summed E-state index contributed by atoms with van der Waals surface area (Å²) in [6.45, 7) is 16.8. The highest BCUT2D eigenvalue weighted by atomic mass is 16.7. The summed E-state index contributed by atoms with van der Waals surface area (Å²) in [5, 5.41) is 19.6. The summed E-state index contributed by atoms with van der Waals surface area (Å²) in [6, 6.07) is -0.901. The van der Waals surface area contributed by atoms with Crippen molar-refractivity contribution in [3.05, 3.63) is 0 Å². The van der Waals surface area contributed by atoms with Crippen LogP contribution < -0.4 is 10.6 Å². The molecule has 0 aliphatic heterocycles. The third kappa shape index (κ3) is 26.1. The molecule has 0 aromatic heterocycles. The molecule has 3 N–H and O–H groups in total. The van der Waals surface area contributed by atoms with Crippen molar-refractivity contribution >= 4 is 11.9 Å². The van der Waals surface area contributed by atoms with Crippen LogP contribution in [0.3, 0.4) is 0 Å². The lowest BCUT2D eigenvalue weighted by Gasteiger charge is -2.24. The van der Waals surface area contributed by atoms with Gasteiger partial charge >= 0.3 is 5.97 Å². The normalized spacial score (nSPS) is 12.6. The Morgan fingerprint density at radius 2 is 1.05 bits per heavy atom. The zero-order valence-corrected chi connectivity index (χ0v) is 27.6. The summed E-state index contributed by atoms with van der Waals surface area (Å²) in [7, 11) is 0. The lowest BCUT2D eigenvalue weighted by molar-refractivity contribution is -0.188. The second kappa shape index (κ2) is 27.6. The molecule has 9 heteroatoms. The van der Waals surface area contributed by atoms with Crippen LogP contribution >= 0.6 is 0 Å². The zero-order valence-electron chi connectivity index (χ0n) is 27.6. The molecule has 0 rings (SSSR count). The minimum atomic E-state index is -1.00. The maximum absolute atomic E-state index is 12.5. The minimum Gasteiger partial charge on any atom is -0.480 e. The average molecular weight is 587 g/mol. The van der Waals surface area contributed by atoms with Gasteiger partial charge in [-0.15, -0.1) is 0 Å². The van der Waals surface area contributed by atoms with E-state index >= 15 is 0 Å². The van der Waals surface area contributed by atoms with Crippen LogP contribution in [0.5, 0.6) is 0 Å². The van der Waals surface area contributed by atoms with E-state index in [4.69, 9.17) is 9.68 Å². The molecule has 0 heterocycles. The highest BCUT2D eigenvalue weighted by Crippen LogP contribution is 2.09. The zero-order chi connectivity index (χ0) is 30.7. The van der Waals surface area contributed by atoms with E-state index in [1.165, 1.54) is 64.2 Å². The van der Waals surface area contributed by atoms with Gasteiger partial charge in [-0.1, -0.05) is 78.1 Å². The van der Waals surface area contributed by atoms with Gasteiger partial charge in [-0.25, -0.2) is 0 Å². The van der Waals surface area contributed by atoms with Crippen LogP contribution in [0.2, 0.25) is 0 Å². The number of unbranched alkanes of at least 4 members (excludes halogenated alkanes) is 10. The molecule has 0 fully saturated rings. The van der Waals surface area contributed by atoms with Crippen molar-refractivity contribution in [2.24, 2.45) is 0 Å². The number of carbonyl (C=O) groups excluding carboxylic acids is 1. The fraction of sp³-hybridized carbons (Fsp3) is 0.938. The van der Waals surface area contributed by atoms with E-state index in [1.54, 1.807) is 0 Å². The Morgan fingerprint density at radius 1 is 0.634 bits per heavy atom. The van der Waals surface area contributed by atoms with E-state index in [9.17, 15) is 14.7 Å². The van der Waals surface area contributed by atoms with Gasteiger partial charge in [0.2, 0.25) is 5.91 Å². The van der Waals surface area contributed by atoms with Gasteiger partial charge in [-0.3, -0.25) is 19.3 Å². The summed E-state index contributed by atoms with van der Waals surface area (Å²) in [5.41, 5.74) is 0. The van der Waals surface area contributed by atoms with Crippen LogP contribution in [0.25, 0.3) is 0 Å². The second-order valence-electron chi connectivity index (χ2n) is 11.8. The van der Waals surface area contributed by atoms with E-state index in [0.29, 0.717) is 13.1 Å². The van der Waals surface area contributed by atoms with Gasteiger partial charge in [0.05, 0.1) is 18.6 Å². The number of hydroxylamine groups is 4. The molecule has 0 saturated carbocycles. The van der Waals surface area contributed by atoms with Gasteiger partial charge in [-0.05, 0) is 59.9 Å². The number of hydrogen-bond acceptors (Lipinski definition) is 7. The largest absolute Gasteiger partial charge is 0.480 e. The molecule has 0 aliphatic carbocycles. The highest BCUT2D eigenvalue weighted by molar-refractivity contribution is 5.84. The van der Waals surface area contributed by atoms with Crippen molar-refractivity contribution in [3.8, 4) is 0 Å². The van der Waals surface area contributed by atoms with Crippen LogP contribution in [-0.4, -0.2) is 84.6 Å². The molecule has 244 valence electrons. The fourth-order valence-corrected chi connectivity index (χ4v) is 4.69. The first-order valence-corrected chi connectivity index (χ1v) is 16.8. The Kier molecular flexibility index (Phi) is 26.7. The predicted molar refractivity (Wildman–Crippen MR) is 169 cm³/mol. The number of hydrogen-bond donors (Lipinski definition) is 3. The number of nitrogens with zero attached hydrogens (tertiary/aromatic N) is 2. The smallest absolute Gasteiger partial charge is 0.321 e. The van der Waals surface area contributed by atoms with Gasteiger partial charge in [0.15, 0.2) is 0 Å². The van der Waals surface area contributed by atoms with Gasteiger partial charge in [0, 0.05) is 32.7 Å². The van der Waals surface area contributed by atoms with Crippen molar-refractivity contribution in [1.29, 1.82) is 0 Å².